The Morgan fingerprint density at radius 3 is 2.40 bits per heavy atom. The molecule has 1 heterocycles. The van der Waals surface area contributed by atoms with Crippen molar-refractivity contribution in [2.24, 2.45) is 0 Å². The molecule has 1 nitrogen and oxygen atoms in total. The van der Waals surface area contributed by atoms with Gasteiger partial charge in [-0.1, -0.05) is 19.6 Å². The highest BCUT2D eigenvalue weighted by atomic mass is 28.3. The van der Waals surface area contributed by atoms with Crippen LogP contribution < -0.4 is 5.32 Å². The summed E-state index contributed by atoms with van der Waals surface area (Å²) in [6, 6.07) is 5.59. The molecule has 0 atom stereocenters. The van der Waals surface area contributed by atoms with Crippen LogP contribution >= 0.6 is 0 Å². The van der Waals surface area contributed by atoms with Gasteiger partial charge in [-0.3, -0.25) is 0 Å². The molecular weight excluding hydrogens is 205 g/mol. The van der Waals surface area contributed by atoms with Crippen LogP contribution in [0.25, 0.3) is 10.9 Å². The topological polar surface area (TPSA) is 15.8 Å². The zero-order valence-corrected chi connectivity index (χ0v) is 10.6. The summed E-state index contributed by atoms with van der Waals surface area (Å²) < 4.78 is 13.4. The number of fused-ring (bicyclic) bond motifs is 1. The summed E-state index contributed by atoms with van der Waals surface area (Å²) in [5.74, 6) is -0.122. The number of aromatic amines is 1. The van der Waals surface area contributed by atoms with Gasteiger partial charge in [-0.25, -0.2) is 4.39 Å². The van der Waals surface area contributed by atoms with Crippen LogP contribution in [0.4, 0.5) is 4.39 Å². The summed E-state index contributed by atoms with van der Waals surface area (Å²) >= 11 is 0. The minimum absolute atomic E-state index is 0.122. The third-order valence-electron chi connectivity index (χ3n) is 2.71. The van der Waals surface area contributed by atoms with Gasteiger partial charge in [-0.05, 0) is 36.0 Å². The van der Waals surface area contributed by atoms with E-state index in [1.807, 2.05) is 6.07 Å². The van der Waals surface area contributed by atoms with Gasteiger partial charge in [0.1, 0.15) is 5.82 Å². The molecule has 0 saturated carbocycles. The SMILES string of the molecule is Cc1cc2[nH]c([Si](C)(C)C)cc2cc1F. The summed E-state index contributed by atoms with van der Waals surface area (Å²) in [5, 5.41) is 2.26. The van der Waals surface area contributed by atoms with Gasteiger partial charge in [0, 0.05) is 10.9 Å². The molecule has 0 unspecified atom stereocenters. The molecule has 2 rings (SSSR count). The number of H-pyrrole nitrogens is 1. The highest BCUT2D eigenvalue weighted by Crippen LogP contribution is 2.18. The Hall–Kier alpha value is -1.09. The fourth-order valence-electron chi connectivity index (χ4n) is 1.67. The Balaban J connectivity index is 2.66. The number of halogens is 1. The number of aryl methyl sites for hydroxylation is 1. The predicted molar refractivity (Wildman–Crippen MR) is 66.0 cm³/mol. The van der Waals surface area contributed by atoms with E-state index >= 15 is 0 Å². The van der Waals surface area contributed by atoms with Crippen LogP contribution in [0.15, 0.2) is 18.2 Å². The van der Waals surface area contributed by atoms with Crippen LogP contribution in [-0.4, -0.2) is 13.1 Å². The van der Waals surface area contributed by atoms with Gasteiger partial charge < -0.3 is 4.98 Å². The Bertz CT molecular complexity index is 469. The lowest BCUT2D eigenvalue weighted by Crippen LogP contribution is -2.38. The van der Waals surface area contributed by atoms with Gasteiger partial charge in [-0.2, -0.15) is 0 Å². The van der Waals surface area contributed by atoms with E-state index in [9.17, 15) is 4.39 Å². The monoisotopic (exact) mass is 221 g/mol. The van der Waals surface area contributed by atoms with Crippen LogP contribution in [-0.2, 0) is 0 Å². The summed E-state index contributed by atoms with van der Waals surface area (Å²) in [4.78, 5) is 3.40. The first-order valence-electron chi connectivity index (χ1n) is 5.17. The maximum Gasteiger partial charge on any atom is 0.126 e. The van der Waals surface area contributed by atoms with E-state index in [1.165, 1.54) is 5.32 Å². The summed E-state index contributed by atoms with van der Waals surface area (Å²) in [6.07, 6.45) is 0. The standard InChI is InChI=1S/C12H16FNSi/c1-8-5-11-9(6-10(8)13)7-12(14-11)15(2,3)4/h5-7,14H,1-4H3. The van der Waals surface area contributed by atoms with Crippen molar-refractivity contribution in [3.63, 3.8) is 0 Å². The highest BCUT2D eigenvalue weighted by molar-refractivity contribution is 6.88. The van der Waals surface area contributed by atoms with Gasteiger partial charge >= 0.3 is 0 Å². The fraction of sp³-hybridized carbons (Fsp3) is 0.333. The summed E-state index contributed by atoms with van der Waals surface area (Å²) in [7, 11) is -1.33. The molecule has 0 saturated heterocycles. The van der Waals surface area contributed by atoms with Crippen molar-refractivity contribution < 1.29 is 4.39 Å². The van der Waals surface area contributed by atoms with Crippen molar-refractivity contribution in [3.8, 4) is 0 Å². The van der Waals surface area contributed by atoms with E-state index in [0.717, 1.165) is 10.9 Å². The molecule has 0 fully saturated rings. The Morgan fingerprint density at radius 1 is 1.13 bits per heavy atom. The molecule has 0 radical (unpaired) electrons. The first-order chi connectivity index (χ1) is 6.88. The Labute approximate surface area is 90.3 Å². The molecule has 2 aromatic rings. The second-order valence-corrected chi connectivity index (χ2v) is 10.2. The van der Waals surface area contributed by atoms with E-state index in [-0.39, 0.29) is 5.82 Å². The predicted octanol–water partition coefficient (Wildman–Crippen LogP) is 3.16. The third kappa shape index (κ3) is 1.84. The van der Waals surface area contributed by atoms with Crippen LogP contribution in [0.3, 0.4) is 0 Å². The van der Waals surface area contributed by atoms with E-state index in [2.05, 4.69) is 30.7 Å². The Morgan fingerprint density at radius 2 is 1.80 bits per heavy atom. The molecule has 1 aromatic heterocycles. The molecule has 0 bridgehead atoms. The van der Waals surface area contributed by atoms with Crippen molar-refractivity contribution in [1.29, 1.82) is 0 Å². The molecule has 1 N–H and O–H groups in total. The van der Waals surface area contributed by atoms with Crippen molar-refractivity contribution in [1.82, 2.24) is 4.98 Å². The molecule has 0 aliphatic heterocycles. The average molecular weight is 221 g/mol. The van der Waals surface area contributed by atoms with Gasteiger partial charge in [-0.15, -0.1) is 0 Å². The van der Waals surface area contributed by atoms with Gasteiger partial charge in [0.05, 0.1) is 8.07 Å². The highest BCUT2D eigenvalue weighted by Gasteiger charge is 2.19. The maximum absolute atomic E-state index is 13.4. The fourth-order valence-corrected chi connectivity index (χ4v) is 2.76. The number of rotatable bonds is 1. The molecule has 0 spiro atoms. The quantitative estimate of drug-likeness (QED) is 0.712. The zero-order chi connectivity index (χ0) is 11.2. The minimum Gasteiger partial charge on any atom is -0.362 e. The summed E-state index contributed by atoms with van der Waals surface area (Å²) in [6.45, 7) is 8.63. The largest absolute Gasteiger partial charge is 0.362 e. The normalized spacial score (nSPS) is 12.3. The Kier molecular flexibility index (Phi) is 2.23. The number of aromatic nitrogens is 1. The van der Waals surface area contributed by atoms with Crippen molar-refractivity contribution in [2.75, 3.05) is 0 Å². The molecule has 3 heteroatoms. The number of benzene rings is 1. The van der Waals surface area contributed by atoms with Gasteiger partial charge in [0.2, 0.25) is 0 Å². The number of hydrogen-bond donors (Lipinski definition) is 1. The summed E-state index contributed by atoms with van der Waals surface area (Å²) in [5.41, 5.74) is 1.75. The second kappa shape index (κ2) is 3.20. The van der Waals surface area contributed by atoms with E-state index in [1.54, 1.807) is 13.0 Å². The lowest BCUT2D eigenvalue weighted by Gasteiger charge is -2.12. The van der Waals surface area contributed by atoms with Crippen LogP contribution in [0.1, 0.15) is 5.56 Å². The van der Waals surface area contributed by atoms with Crippen molar-refractivity contribution >= 4 is 24.3 Å². The van der Waals surface area contributed by atoms with E-state index in [0.29, 0.717) is 5.56 Å². The van der Waals surface area contributed by atoms with Gasteiger partial charge in [0.25, 0.3) is 0 Å². The average Bonchev–Trinajstić information content (AvgIpc) is 2.47. The van der Waals surface area contributed by atoms with Crippen molar-refractivity contribution in [3.05, 3.63) is 29.6 Å². The van der Waals surface area contributed by atoms with Crippen LogP contribution in [0.5, 0.6) is 0 Å². The molecule has 0 amide bonds. The molecule has 1 aromatic carbocycles. The third-order valence-corrected chi connectivity index (χ3v) is 4.59. The molecule has 15 heavy (non-hydrogen) atoms. The van der Waals surface area contributed by atoms with E-state index in [4.69, 9.17) is 0 Å². The number of nitrogens with one attached hydrogen (secondary N) is 1. The van der Waals surface area contributed by atoms with Crippen LogP contribution in [0.2, 0.25) is 19.6 Å². The molecular formula is C12H16FNSi. The zero-order valence-electron chi connectivity index (χ0n) is 9.61. The lowest BCUT2D eigenvalue weighted by molar-refractivity contribution is 0.620. The smallest absolute Gasteiger partial charge is 0.126 e. The van der Waals surface area contributed by atoms with Gasteiger partial charge in [0.15, 0.2) is 0 Å². The molecule has 80 valence electrons. The number of hydrogen-bond acceptors (Lipinski definition) is 0. The first-order valence-corrected chi connectivity index (χ1v) is 8.67. The van der Waals surface area contributed by atoms with Crippen LogP contribution in [0, 0.1) is 12.7 Å². The molecule has 0 aliphatic carbocycles. The maximum atomic E-state index is 13.4. The first kappa shape index (κ1) is 10.4. The lowest BCUT2D eigenvalue weighted by atomic mass is 10.2. The second-order valence-electron chi connectivity index (χ2n) is 5.12. The van der Waals surface area contributed by atoms with E-state index < -0.39 is 8.07 Å². The minimum atomic E-state index is -1.33. The molecule has 0 aliphatic rings. The van der Waals surface area contributed by atoms with Crippen molar-refractivity contribution in [2.45, 2.75) is 26.6 Å².